The first-order valence-corrected chi connectivity index (χ1v) is 6.13. The molecule has 0 fully saturated rings. The van der Waals surface area contributed by atoms with Crippen molar-refractivity contribution >= 4 is 11.6 Å². The van der Waals surface area contributed by atoms with Crippen LogP contribution in [0.3, 0.4) is 0 Å². The topological polar surface area (TPSA) is 57.2 Å². The van der Waals surface area contributed by atoms with Gasteiger partial charge in [0.05, 0.1) is 11.6 Å². The van der Waals surface area contributed by atoms with Gasteiger partial charge in [-0.1, -0.05) is 13.0 Å². The number of nitrogens with one attached hydrogen (secondary N) is 2. The van der Waals surface area contributed by atoms with E-state index in [4.69, 9.17) is 0 Å². The highest BCUT2D eigenvalue weighted by atomic mass is 16.3. The van der Waals surface area contributed by atoms with Gasteiger partial charge < -0.3 is 15.7 Å². The molecule has 0 aromatic carbocycles. The van der Waals surface area contributed by atoms with Gasteiger partial charge in [-0.15, -0.1) is 0 Å². The zero-order valence-electron chi connectivity index (χ0n) is 11.1. The van der Waals surface area contributed by atoms with E-state index >= 15 is 0 Å². The zero-order chi connectivity index (χ0) is 12.9. The largest absolute Gasteiger partial charge is 0.391 e. The summed E-state index contributed by atoms with van der Waals surface area (Å²) in [6, 6.07) is 5.79. The minimum Gasteiger partial charge on any atom is -0.391 e. The first-order chi connectivity index (χ1) is 7.95. The van der Waals surface area contributed by atoms with E-state index in [2.05, 4.69) is 22.5 Å². The lowest BCUT2D eigenvalue weighted by molar-refractivity contribution is 0.133. The number of anilines is 2. The summed E-state index contributed by atoms with van der Waals surface area (Å²) in [5.41, 5.74) is -0.392. The monoisotopic (exact) mass is 237 g/mol. The molecule has 4 heteroatoms. The van der Waals surface area contributed by atoms with Crippen molar-refractivity contribution in [3.8, 4) is 0 Å². The number of hydrogen-bond donors (Lipinski definition) is 3. The van der Waals surface area contributed by atoms with Gasteiger partial charge >= 0.3 is 0 Å². The van der Waals surface area contributed by atoms with Crippen molar-refractivity contribution in [2.75, 3.05) is 17.2 Å². The fourth-order valence-electron chi connectivity index (χ4n) is 1.29. The quantitative estimate of drug-likeness (QED) is 0.711. The molecule has 1 heterocycles. The van der Waals surface area contributed by atoms with Crippen molar-refractivity contribution in [1.29, 1.82) is 0 Å². The summed E-state index contributed by atoms with van der Waals surface area (Å²) >= 11 is 0. The highest BCUT2D eigenvalue weighted by Crippen LogP contribution is 2.18. The van der Waals surface area contributed by atoms with Gasteiger partial charge in [0.1, 0.15) is 11.6 Å². The van der Waals surface area contributed by atoms with Crippen molar-refractivity contribution in [3.63, 3.8) is 0 Å². The van der Waals surface area contributed by atoms with Crippen LogP contribution in [0.15, 0.2) is 18.2 Å². The molecule has 0 aliphatic rings. The predicted octanol–water partition coefficient (Wildman–Crippen LogP) is 2.47. The first-order valence-electron chi connectivity index (χ1n) is 6.13. The second kappa shape index (κ2) is 5.87. The summed E-state index contributed by atoms with van der Waals surface area (Å²) in [7, 11) is 0. The molecule has 1 aromatic heterocycles. The Morgan fingerprint density at radius 1 is 1.35 bits per heavy atom. The number of pyridine rings is 1. The molecule has 0 saturated heterocycles. The fourth-order valence-corrected chi connectivity index (χ4v) is 1.29. The van der Waals surface area contributed by atoms with E-state index in [9.17, 15) is 5.11 Å². The standard InChI is InChI=1S/C13H23N3O/c1-5-9-14-11-7-6-8-12(15-11)16-13(3,4)10(2)17/h6-8,10,17H,5,9H2,1-4H3,(H2,14,15,16). The predicted molar refractivity (Wildman–Crippen MR) is 72.4 cm³/mol. The third kappa shape index (κ3) is 4.23. The lowest BCUT2D eigenvalue weighted by Gasteiger charge is -2.30. The van der Waals surface area contributed by atoms with Crippen molar-refractivity contribution < 1.29 is 5.11 Å². The Balaban J connectivity index is 2.71. The van der Waals surface area contributed by atoms with Crippen molar-refractivity contribution in [3.05, 3.63) is 18.2 Å². The molecule has 1 atom stereocenters. The second-order valence-electron chi connectivity index (χ2n) is 4.86. The Bertz CT molecular complexity index is 350. The van der Waals surface area contributed by atoms with Crippen LogP contribution in [0.4, 0.5) is 11.6 Å². The molecule has 1 unspecified atom stereocenters. The van der Waals surface area contributed by atoms with E-state index in [0.29, 0.717) is 0 Å². The fraction of sp³-hybridized carbons (Fsp3) is 0.615. The number of aliphatic hydroxyl groups is 1. The summed E-state index contributed by atoms with van der Waals surface area (Å²) in [4.78, 5) is 4.44. The molecule has 0 amide bonds. The maximum atomic E-state index is 9.65. The van der Waals surface area contributed by atoms with Crippen LogP contribution in [0, 0.1) is 0 Å². The maximum absolute atomic E-state index is 9.65. The number of rotatable bonds is 6. The van der Waals surface area contributed by atoms with Crippen LogP contribution in [0.5, 0.6) is 0 Å². The lowest BCUT2D eigenvalue weighted by Crippen LogP contribution is -2.42. The van der Waals surface area contributed by atoms with Gasteiger partial charge in [0, 0.05) is 6.54 Å². The molecule has 4 nitrogen and oxygen atoms in total. The molecule has 0 saturated carbocycles. The smallest absolute Gasteiger partial charge is 0.128 e. The maximum Gasteiger partial charge on any atom is 0.128 e. The average molecular weight is 237 g/mol. The van der Waals surface area contributed by atoms with Gasteiger partial charge in [-0.3, -0.25) is 0 Å². The van der Waals surface area contributed by atoms with E-state index in [1.807, 2.05) is 32.0 Å². The molecular weight excluding hydrogens is 214 g/mol. The van der Waals surface area contributed by atoms with Crippen molar-refractivity contribution in [2.24, 2.45) is 0 Å². The highest BCUT2D eigenvalue weighted by molar-refractivity contribution is 5.46. The molecule has 0 radical (unpaired) electrons. The van der Waals surface area contributed by atoms with Crippen LogP contribution in [0.25, 0.3) is 0 Å². The van der Waals surface area contributed by atoms with Gasteiger partial charge in [-0.25, -0.2) is 4.98 Å². The molecule has 0 aliphatic carbocycles. The molecule has 96 valence electrons. The number of aromatic nitrogens is 1. The van der Waals surface area contributed by atoms with E-state index in [-0.39, 0.29) is 0 Å². The first kappa shape index (κ1) is 13.8. The van der Waals surface area contributed by atoms with Crippen molar-refractivity contribution in [1.82, 2.24) is 4.98 Å². The summed E-state index contributed by atoms with van der Waals surface area (Å²) in [6.07, 6.45) is 0.620. The van der Waals surface area contributed by atoms with E-state index < -0.39 is 11.6 Å². The number of aliphatic hydroxyl groups excluding tert-OH is 1. The van der Waals surface area contributed by atoms with E-state index in [0.717, 1.165) is 24.6 Å². The zero-order valence-corrected chi connectivity index (χ0v) is 11.1. The van der Waals surface area contributed by atoms with Crippen LogP contribution >= 0.6 is 0 Å². The van der Waals surface area contributed by atoms with E-state index in [1.54, 1.807) is 6.92 Å². The molecule has 0 bridgehead atoms. The average Bonchev–Trinajstić information content (AvgIpc) is 2.26. The summed E-state index contributed by atoms with van der Waals surface area (Å²) in [5.74, 6) is 1.63. The van der Waals surface area contributed by atoms with Crippen LogP contribution in [0.2, 0.25) is 0 Å². The third-order valence-corrected chi connectivity index (χ3v) is 2.80. The van der Waals surface area contributed by atoms with Gasteiger partial charge in [0.15, 0.2) is 0 Å². The normalized spacial score (nSPS) is 13.2. The Morgan fingerprint density at radius 2 is 2.00 bits per heavy atom. The highest BCUT2D eigenvalue weighted by Gasteiger charge is 2.23. The van der Waals surface area contributed by atoms with Crippen molar-refractivity contribution in [2.45, 2.75) is 45.8 Å². The molecule has 0 spiro atoms. The summed E-state index contributed by atoms with van der Waals surface area (Å²) < 4.78 is 0. The number of hydrogen-bond acceptors (Lipinski definition) is 4. The van der Waals surface area contributed by atoms with Crippen LogP contribution in [-0.2, 0) is 0 Å². The minimum atomic E-state index is -0.448. The number of nitrogens with zero attached hydrogens (tertiary/aromatic N) is 1. The van der Waals surface area contributed by atoms with Gasteiger partial charge in [-0.2, -0.15) is 0 Å². The molecule has 1 aromatic rings. The molecular formula is C13H23N3O. The third-order valence-electron chi connectivity index (χ3n) is 2.80. The molecule has 1 rings (SSSR count). The Kier molecular flexibility index (Phi) is 4.75. The summed E-state index contributed by atoms with van der Waals surface area (Å²) in [5, 5.41) is 16.1. The van der Waals surface area contributed by atoms with Crippen LogP contribution in [-0.4, -0.2) is 28.3 Å². The molecule has 0 aliphatic heterocycles. The molecule has 17 heavy (non-hydrogen) atoms. The lowest BCUT2D eigenvalue weighted by atomic mass is 9.99. The second-order valence-corrected chi connectivity index (χ2v) is 4.86. The Hall–Kier alpha value is -1.29. The van der Waals surface area contributed by atoms with Crippen LogP contribution < -0.4 is 10.6 Å². The Morgan fingerprint density at radius 3 is 2.59 bits per heavy atom. The molecule has 3 N–H and O–H groups in total. The summed E-state index contributed by atoms with van der Waals surface area (Å²) in [6.45, 7) is 8.70. The van der Waals surface area contributed by atoms with Gasteiger partial charge in [0.2, 0.25) is 0 Å². The van der Waals surface area contributed by atoms with Gasteiger partial charge in [-0.05, 0) is 39.3 Å². The van der Waals surface area contributed by atoms with Gasteiger partial charge in [0.25, 0.3) is 0 Å². The van der Waals surface area contributed by atoms with Crippen LogP contribution in [0.1, 0.15) is 34.1 Å². The van der Waals surface area contributed by atoms with E-state index in [1.165, 1.54) is 0 Å². The minimum absolute atomic E-state index is 0.392. The Labute approximate surface area is 103 Å². The SMILES string of the molecule is CCCNc1cccc(NC(C)(C)C(C)O)n1.